The molecule has 0 bridgehead atoms. The maximum absolute atomic E-state index is 12.5. The van der Waals surface area contributed by atoms with Crippen molar-refractivity contribution in [2.45, 2.75) is 52.5 Å². The predicted molar refractivity (Wildman–Crippen MR) is 84.1 cm³/mol. The van der Waals surface area contributed by atoms with E-state index in [-0.39, 0.29) is 17.7 Å². The maximum atomic E-state index is 12.5. The minimum Gasteiger partial charge on any atom is -0.344 e. The van der Waals surface area contributed by atoms with Gasteiger partial charge >= 0.3 is 0 Å². The second-order valence-corrected chi connectivity index (χ2v) is 6.03. The van der Waals surface area contributed by atoms with Gasteiger partial charge in [-0.05, 0) is 44.2 Å². The SMILES string of the molecule is CC(=O)N[C@H](C(=O)Nc1ccc(C)cc1C)C1CCCC1. The molecule has 0 saturated heterocycles. The molecule has 0 spiro atoms. The Morgan fingerprint density at radius 3 is 2.43 bits per heavy atom. The standard InChI is InChI=1S/C17H24N2O2/c1-11-8-9-15(12(2)10-11)19-17(21)16(18-13(3)20)14-6-4-5-7-14/h8-10,14,16H,4-7H2,1-3H3,(H,18,20)(H,19,21)/t16-/m0/s1. The average molecular weight is 288 g/mol. The van der Waals surface area contributed by atoms with Crippen molar-refractivity contribution in [2.24, 2.45) is 5.92 Å². The molecule has 21 heavy (non-hydrogen) atoms. The van der Waals surface area contributed by atoms with Gasteiger partial charge in [-0.3, -0.25) is 9.59 Å². The van der Waals surface area contributed by atoms with E-state index in [0.29, 0.717) is 0 Å². The fraction of sp³-hybridized carbons (Fsp3) is 0.529. The zero-order valence-corrected chi connectivity index (χ0v) is 13.0. The van der Waals surface area contributed by atoms with E-state index >= 15 is 0 Å². The molecule has 0 aliphatic heterocycles. The molecule has 4 heteroatoms. The summed E-state index contributed by atoms with van der Waals surface area (Å²) in [5.74, 6) is -0.00798. The number of carbonyl (C=O) groups is 2. The van der Waals surface area contributed by atoms with Crippen LogP contribution in [0.2, 0.25) is 0 Å². The first-order valence-corrected chi connectivity index (χ1v) is 7.62. The predicted octanol–water partition coefficient (Wildman–Crippen LogP) is 2.94. The molecule has 0 unspecified atom stereocenters. The molecule has 2 rings (SSSR count). The fourth-order valence-corrected chi connectivity index (χ4v) is 3.07. The van der Waals surface area contributed by atoms with Gasteiger partial charge in [-0.15, -0.1) is 0 Å². The normalized spacial score (nSPS) is 16.5. The van der Waals surface area contributed by atoms with E-state index < -0.39 is 6.04 Å². The summed E-state index contributed by atoms with van der Waals surface area (Å²) in [6.07, 6.45) is 4.28. The van der Waals surface area contributed by atoms with Gasteiger partial charge in [0.2, 0.25) is 11.8 Å². The summed E-state index contributed by atoms with van der Waals surface area (Å²) in [6, 6.07) is 5.51. The van der Waals surface area contributed by atoms with E-state index in [1.54, 1.807) is 0 Å². The molecule has 0 radical (unpaired) electrons. The minimum absolute atomic E-state index is 0.107. The van der Waals surface area contributed by atoms with E-state index in [4.69, 9.17) is 0 Å². The monoisotopic (exact) mass is 288 g/mol. The molecule has 0 aromatic heterocycles. The number of anilines is 1. The summed E-state index contributed by atoms with van der Waals surface area (Å²) in [4.78, 5) is 23.9. The van der Waals surface area contributed by atoms with Gasteiger partial charge in [0.15, 0.2) is 0 Å². The Balaban J connectivity index is 2.11. The van der Waals surface area contributed by atoms with Crippen LogP contribution in [-0.2, 0) is 9.59 Å². The molecule has 4 nitrogen and oxygen atoms in total. The van der Waals surface area contributed by atoms with Crippen molar-refractivity contribution in [1.82, 2.24) is 5.32 Å². The van der Waals surface area contributed by atoms with E-state index in [9.17, 15) is 9.59 Å². The number of carbonyl (C=O) groups excluding carboxylic acids is 2. The molecule has 1 atom stereocenters. The number of aryl methyl sites for hydroxylation is 2. The van der Waals surface area contributed by atoms with E-state index in [2.05, 4.69) is 10.6 Å². The van der Waals surface area contributed by atoms with Crippen LogP contribution in [0.5, 0.6) is 0 Å². The highest BCUT2D eigenvalue weighted by molar-refractivity contribution is 5.97. The zero-order valence-electron chi connectivity index (χ0n) is 13.0. The lowest BCUT2D eigenvalue weighted by Gasteiger charge is -2.23. The molecule has 1 fully saturated rings. The molecule has 1 aromatic carbocycles. The second-order valence-electron chi connectivity index (χ2n) is 6.03. The van der Waals surface area contributed by atoms with Crippen LogP contribution >= 0.6 is 0 Å². The summed E-state index contributed by atoms with van der Waals surface area (Å²) in [5, 5.41) is 5.79. The second kappa shape index (κ2) is 6.74. The minimum atomic E-state index is -0.425. The summed E-state index contributed by atoms with van der Waals surface area (Å²) < 4.78 is 0. The Morgan fingerprint density at radius 1 is 1.19 bits per heavy atom. The Labute approximate surface area is 126 Å². The third kappa shape index (κ3) is 4.06. The third-order valence-corrected chi connectivity index (χ3v) is 4.15. The van der Waals surface area contributed by atoms with Crippen LogP contribution in [0.4, 0.5) is 5.69 Å². The largest absolute Gasteiger partial charge is 0.344 e. The van der Waals surface area contributed by atoms with Crippen LogP contribution in [-0.4, -0.2) is 17.9 Å². The van der Waals surface area contributed by atoms with Gasteiger partial charge in [0.25, 0.3) is 0 Å². The maximum Gasteiger partial charge on any atom is 0.247 e. The fourth-order valence-electron chi connectivity index (χ4n) is 3.07. The number of nitrogens with one attached hydrogen (secondary N) is 2. The highest BCUT2D eigenvalue weighted by atomic mass is 16.2. The first-order chi connectivity index (χ1) is 9.97. The first kappa shape index (κ1) is 15.5. The van der Waals surface area contributed by atoms with Crippen LogP contribution in [0.1, 0.15) is 43.7 Å². The number of hydrogen-bond acceptors (Lipinski definition) is 2. The molecule has 2 amide bonds. The average Bonchev–Trinajstić information content (AvgIpc) is 2.92. The molecule has 114 valence electrons. The van der Waals surface area contributed by atoms with Crippen molar-refractivity contribution < 1.29 is 9.59 Å². The first-order valence-electron chi connectivity index (χ1n) is 7.62. The lowest BCUT2D eigenvalue weighted by molar-refractivity contribution is -0.126. The molecule has 1 saturated carbocycles. The van der Waals surface area contributed by atoms with E-state index in [1.807, 2.05) is 32.0 Å². The number of hydrogen-bond donors (Lipinski definition) is 2. The summed E-state index contributed by atoms with van der Waals surface area (Å²) in [6.45, 7) is 5.47. The van der Waals surface area contributed by atoms with Gasteiger partial charge in [0.1, 0.15) is 6.04 Å². The molecular formula is C17H24N2O2. The molecule has 0 heterocycles. The van der Waals surface area contributed by atoms with Gasteiger partial charge in [-0.2, -0.15) is 0 Å². The third-order valence-electron chi connectivity index (χ3n) is 4.15. The molecule has 1 aromatic rings. The summed E-state index contributed by atoms with van der Waals surface area (Å²) >= 11 is 0. The van der Waals surface area contributed by atoms with E-state index in [0.717, 1.165) is 36.9 Å². The van der Waals surface area contributed by atoms with Crippen molar-refractivity contribution >= 4 is 17.5 Å². The number of benzene rings is 1. The lowest BCUT2D eigenvalue weighted by Crippen LogP contribution is -2.47. The summed E-state index contributed by atoms with van der Waals surface area (Å²) in [7, 11) is 0. The van der Waals surface area contributed by atoms with Crippen molar-refractivity contribution in [3.8, 4) is 0 Å². The van der Waals surface area contributed by atoms with Crippen LogP contribution in [0.25, 0.3) is 0 Å². The Hall–Kier alpha value is -1.84. The van der Waals surface area contributed by atoms with Crippen molar-refractivity contribution in [2.75, 3.05) is 5.32 Å². The molecule has 2 N–H and O–H groups in total. The smallest absolute Gasteiger partial charge is 0.247 e. The van der Waals surface area contributed by atoms with Crippen LogP contribution in [0, 0.1) is 19.8 Å². The topological polar surface area (TPSA) is 58.2 Å². The van der Waals surface area contributed by atoms with Gasteiger partial charge < -0.3 is 10.6 Å². The molecule has 1 aliphatic rings. The Kier molecular flexibility index (Phi) is 4.99. The summed E-state index contributed by atoms with van der Waals surface area (Å²) in [5.41, 5.74) is 3.02. The van der Waals surface area contributed by atoms with Gasteiger partial charge in [0.05, 0.1) is 0 Å². The van der Waals surface area contributed by atoms with Gasteiger partial charge in [-0.25, -0.2) is 0 Å². The quantitative estimate of drug-likeness (QED) is 0.895. The van der Waals surface area contributed by atoms with Crippen LogP contribution < -0.4 is 10.6 Å². The van der Waals surface area contributed by atoms with E-state index in [1.165, 1.54) is 12.5 Å². The number of rotatable bonds is 4. The Morgan fingerprint density at radius 2 is 1.86 bits per heavy atom. The van der Waals surface area contributed by atoms with Gasteiger partial charge in [0, 0.05) is 12.6 Å². The van der Waals surface area contributed by atoms with Crippen molar-refractivity contribution in [1.29, 1.82) is 0 Å². The lowest BCUT2D eigenvalue weighted by atomic mass is 9.97. The van der Waals surface area contributed by atoms with Crippen molar-refractivity contribution in [3.05, 3.63) is 29.3 Å². The van der Waals surface area contributed by atoms with Gasteiger partial charge in [-0.1, -0.05) is 30.5 Å². The highest BCUT2D eigenvalue weighted by Gasteiger charge is 2.31. The van der Waals surface area contributed by atoms with Crippen LogP contribution in [0.15, 0.2) is 18.2 Å². The molecule has 1 aliphatic carbocycles. The van der Waals surface area contributed by atoms with Crippen molar-refractivity contribution in [3.63, 3.8) is 0 Å². The number of amides is 2. The highest BCUT2D eigenvalue weighted by Crippen LogP contribution is 2.28. The van der Waals surface area contributed by atoms with Crippen LogP contribution in [0.3, 0.4) is 0 Å². The molecular weight excluding hydrogens is 264 g/mol. The zero-order chi connectivity index (χ0) is 15.4. The Bertz CT molecular complexity index is 534.